The number of hydrogen-bond donors (Lipinski definition) is 3. The van der Waals surface area contributed by atoms with Crippen molar-refractivity contribution in [3.05, 3.63) is 49.1 Å². The molecule has 0 aliphatic heterocycles. The molecule has 0 bridgehead atoms. The maximum Gasteiger partial charge on any atom is 0.342 e. The highest BCUT2D eigenvalue weighted by Crippen LogP contribution is 2.29. The Balaban J connectivity index is 2.01. The SMILES string of the molecule is O=C(CSc1n[nH]c(=O)[nH]c1=O)Nc1cccc(Cl)c1Cl. The number of nitrogens with one attached hydrogen (secondary N) is 3. The van der Waals surface area contributed by atoms with Crippen LogP contribution in [0.15, 0.2) is 32.8 Å². The van der Waals surface area contributed by atoms with Crippen LogP contribution in [-0.2, 0) is 4.79 Å². The Hall–Kier alpha value is -1.77. The summed E-state index contributed by atoms with van der Waals surface area (Å²) in [5, 5.41) is 8.73. The number of aromatic nitrogens is 3. The summed E-state index contributed by atoms with van der Waals surface area (Å²) in [5.74, 6) is -0.470. The lowest BCUT2D eigenvalue weighted by Crippen LogP contribution is -2.25. The van der Waals surface area contributed by atoms with Gasteiger partial charge < -0.3 is 5.32 Å². The third-order valence-corrected chi connectivity index (χ3v) is 4.02. The van der Waals surface area contributed by atoms with Crippen LogP contribution in [0.3, 0.4) is 0 Å². The molecule has 0 atom stereocenters. The van der Waals surface area contributed by atoms with Crippen molar-refractivity contribution < 1.29 is 4.79 Å². The predicted octanol–water partition coefficient (Wildman–Crippen LogP) is 1.50. The van der Waals surface area contributed by atoms with E-state index in [1.807, 2.05) is 4.98 Å². The van der Waals surface area contributed by atoms with E-state index < -0.39 is 17.2 Å². The topological polar surface area (TPSA) is 108 Å². The average molecular weight is 347 g/mol. The minimum Gasteiger partial charge on any atom is -0.324 e. The minimum absolute atomic E-state index is 0.0121. The number of halogens is 2. The summed E-state index contributed by atoms with van der Waals surface area (Å²) in [6.07, 6.45) is 0. The third-order valence-electron chi connectivity index (χ3n) is 2.25. The molecule has 0 aliphatic rings. The van der Waals surface area contributed by atoms with Crippen LogP contribution in [0, 0.1) is 0 Å². The number of carbonyl (C=O) groups is 1. The highest BCUT2D eigenvalue weighted by Gasteiger charge is 2.10. The maximum absolute atomic E-state index is 11.8. The lowest BCUT2D eigenvalue weighted by Gasteiger charge is -2.07. The zero-order valence-electron chi connectivity index (χ0n) is 10.3. The number of anilines is 1. The number of amides is 1. The monoisotopic (exact) mass is 346 g/mol. The number of carbonyl (C=O) groups excluding carboxylic acids is 1. The molecule has 0 spiro atoms. The van der Waals surface area contributed by atoms with Crippen LogP contribution in [0.5, 0.6) is 0 Å². The van der Waals surface area contributed by atoms with E-state index in [0.29, 0.717) is 10.7 Å². The van der Waals surface area contributed by atoms with E-state index in [1.165, 1.54) is 0 Å². The van der Waals surface area contributed by atoms with E-state index in [4.69, 9.17) is 23.2 Å². The van der Waals surface area contributed by atoms with Gasteiger partial charge in [-0.05, 0) is 12.1 Å². The fraction of sp³-hybridized carbons (Fsp3) is 0.0909. The normalized spacial score (nSPS) is 10.4. The summed E-state index contributed by atoms with van der Waals surface area (Å²) in [7, 11) is 0. The highest BCUT2D eigenvalue weighted by molar-refractivity contribution is 7.99. The molecule has 0 aliphatic carbocycles. The molecule has 2 rings (SSSR count). The molecule has 0 fully saturated rings. The van der Waals surface area contributed by atoms with Crippen molar-refractivity contribution in [1.29, 1.82) is 0 Å². The molecule has 1 amide bonds. The molecule has 21 heavy (non-hydrogen) atoms. The number of nitrogens with zero attached hydrogens (tertiary/aromatic N) is 1. The molecule has 2 aromatic rings. The summed E-state index contributed by atoms with van der Waals surface area (Å²) in [5.41, 5.74) is -0.991. The smallest absolute Gasteiger partial charge is 0.324 e. The molecule has 1 aromatic heterocycles. The third kappa shape index (κ3) is 4.10. The number of hydrogen-bond acceptors (Lipinski definition) is 5. The summed E-state index contributed by atoms with van der Waals surface area (Å²) in [6.45, 7) is 0. The number of H-pyrrole nitrogens is 2. The van der Waals surface area contributed by atoms with Gasteiger partial charge in [-0.15, -0.1) is 0 Å². The van der Waals surface area contributed by atoms with Crippen molar-refractivity contribution in [3.63, 3.8) is 0 Å². The van der Waals surface area contributed by atoms with Crippen molar-refractivity contribution in [2.75, 3.05) is 11.1 Å². The van der Waals surface area contributed by atoms with Crippen LogP contribution in [0.25, 0.3) is 0 Å². The van der Waals surface area contributed by atoms with Crippen molar-refractivity contribution >= 4 is 46.6 Å². The quantitative estimate of drug-likeness (QED) is 0.727. The first-order valence-electron chi connectivity index (χ1n) is 5.53. The zero-order valence-corrected chi connectivity index (χ0v) is 12.6. The summed E-state index contributed by atoms with van der Waals surface area (Å²) in [6, 6.07) is 4.84. The Morgan fingerprint density at radius 3 is 2.81 bits per heavy atom. The van der Waals surface area contributed by atoms with Crippen LogP contribution >= 0.6 is 35.0 Å². The van der Waals surface area contributed by atoms with E-state index in [0.717, 1.165) is 11.8 Å². The van der Waals surface area contributed by atoms with Gasteiger partial charge in [-0.3, -0.25) is 14.6 Å². The molecule has 10 heteroatoms. The van der Waals surface area contributed by atoms with Crippen molar-refractivity contribution in [2.24, 2.45) is 0 Å². The Morgan fingerprint density at radius 2 is 2.10 bits per heavy atom. The van der Waals surface area contributed by atoms with Crippen LogP contribution in [-0.4, -0.2) is 26.8 Å². The minimum atomic E-state index is -0.709. The molecule has 0 saturated heterocycles. The van der Waals surface area contributed by atoms with Gasteiger partial charge in [0, 0.05) is 0 Å². The van der Waals surface area contributed by atoms with E-state index in [1.54, 1.807) is 18.2 Å². The molecular formula is C11H8Cl2N4O3S. The first-order chi connectivity index (χ1) is 9.97. The molecule has 110 valence electrons. The molecule has 0 unspecified atom stereocenters. The van der Waals surface area contributed by atoms with Gasteiger partial charge in [-0.25, -0.2) is 9.89 Å². The standard InChI is InChI=1S/C11H8Cl2N4O3S/c12-5-2-1-3-6(8(5)13)14-7(18)4-21-10-9(19)15-11(20)17-16-10/h1-3H,4H2,(H,14,18)(H2,15,17,19,20). The Bertz CT molecular complexity index is 790. The number of rotatable bonds is 4. The van der Waals surface area contributed by atoms with Gasteiger partial charge in [-0.1, -0.05) is 41.0 Å². The van der Waals surface area contributed by atoms with Crippen LogP contribution in [0.1, 0.15) is 0 Å². The Labute approximate surface area is 132 Å². The Morgan fingerprint density at radius 1 is 1.33 bits per heavy atom. The highest BCUT2D eigenvalue weighted by atomic mass is 35.5. The van der Waals surface area contributed by atoms with Gasteiger partial charge >= 0.3 is 5.69 Å². The van der Waals surface area contributed by atoms with Crippen LogP contribution in [0.2, 0.25) is 10.0 Å². The number of aromatic amines is 2. The molecule has 1 heterocycles. The van der Waals surface area contributed by atoms with Crippen molar-refractivity contribution in [2.45, 2.75) is 5.03 Å². The van der Waals surface area contributed by atoms with Crippen LogP contribution < -0.4 is 16.6 Å². The number of thioether (sulfide) groups is 1. The van der Waals surface area contributed by atoms with Crippen molar-refractivity contribution in [1.82, 2.24) is 15.2 Å². The van der Waals surface area contributed by atoms with E-state index in [2.05, 4.69) is 15.5 Å². The second kappa shape index (κ2) is 6.79. The van der Waals surface area contributed by atoms with Gasteiger partial charge in [0.1, 0.15) is 0 Å². The van der Waals surface area contributed by atoms with Gasteiger partial charge in [0.15, 0.2) is 5.03 Å². The summed E-state index contributed by atoms with van der Waals surface area (Å²) < 4.78 is 0. The van der Waals surface area contributed by atoms with Crippen LogP contribution in [0.4, 0.5) is 5.69 Å². The lowest BCUT2D eigenvalue weighted by molar-refractivity contribution is -0.113. The van der Waals surface area contributed by atoms with Gasteiger partial charge in [0.2, 0.25) is 5.91 Å². The molecule has 0 radical (unpaired) electrons. The average Bonchev–Trinajstić information content (AvgIpc) is 2.43. The van der Waals surface area contributed by atoms with Gasteiger partial charge in [0.05, 0.1) is 21.5 Å². The first kappa shape index (κ1) is 15.6. The molecule has 7 nitrogen and oxygen atoms in total. The van der Waals surface area contributed by atoms with E-state index in [9.17, 15) is 14.4 Å². The van der Waals surface area contributed by atoms with Gasteiger partial charge in [0.25, 0.3) is 5.56 Å². The molecule has 3 N–H and O–H groups in total. The first-order valence-corrected chi connectivity index (χ1v) is 7.27. The second-order valence-electron chi connectivity index (χ2n) is 3.75. The molecular weight excluding hydrogens is 339 g/mol. The van der Waals surface area contributed by atoms with E-state index in [-0.39, 0.29) is 15.8 Å². The van der Waals surface area contributed by atoms with Gasteiger partial charge in [-0.2, -0.15) is 5.10 Å². The van der Waals surface area contributed by atoms with Crippen molar-refractivity contribution in [3.8, 4) is 0 Å². The lowest BCUT2D eigenvalue weighted by atomic mass is 10.3. The summed E-state index contributed by atoms with van der Waals surface area (Å²) in [4.78, 5) is 36.0. The summed E-state index contributed by atoms with van der Waals surface area (Å²) >= 11 is 12.6. The zero-order chi connectivity index (χ0) is 15.4. The number of benzene rings is 1. The fourth-order valence-corrected chi connectivity index (χ4v) is 2.34. The predicted molar refractivity (Wildman–Crippen MR) is 81.3 cm³/mol. The molecule has 1 aromatic carbocycles. The largest absolute Gasteiger partial charge is 0.342 e. The fourth-order valence-electron chi connectivity index (χ4n) is 1.36. The Kier molecular flexibility index (Phi) is 5.05. The second-order valence-corrected chi connectivity index (χ2v) is 5.50. The maximum atomic E-state index is 11.8. The van der Waals surface area contributed by atoms with E-state index >= 15 is 0 Å². The molecule has 0 saturated carbocycles.